The van der Waals surface area contributed by atoms with Gasteiger partial charge in [-0.1, -0.05) is 12.5 Å². The lowest BCUT2D eigenvalue weighted by Gasteiger charge is -2.26. The minimum atomic E-state index is -4.16. The Hall–Kier alpha value is -3.24. The summed E-state index contributed by atoms with van der Waals surface area (Å²) in [6.45, 7) is 0.368. The molecule has 3 aromatic rings. The lowest BCUT2D eigenvalue weighted by Crippen LogP contribution is -2.36. The Morgan fingerprint density at radius 2 is 1.71 bits per heavy atom. The third kappa shape index (κ3) is 4.97. The smallest absolute Gasteiger partial charge is 0.258 e. The van der Waals surface area contributed by atoms with Gasteiger partial charge in [0, 0.05) is 30.9 Å². The maximum Gasteiger partial charge on any atom is 0.258 e. The highest BCUT2D eigenvalue weighted by atomic mass is 32.2. The van der Waals surface area contributed by atoms with Crippen LogP contribution in [0.15, 0.2) is 65.7 Å². The molecule has 0 unspecified atom stereocenters. The predicted octanol–water partition coefficient (Wildman–Crippen LogP) is 4.52. The molecule has 0 radical (unpaired) electrons. The maximum atomic E-state index is 14.6. The molecule has 178 valence electrons. The van der Waals surface area contributed by atoms with E-state index in [1.807, 2.05) is 0 Å². The average Bonchev–Trinajstić information content (AvgIpc) is 2.84. The van der Waals surface area contributed by atoms with E-state index in [0.717, 1.165) is 41.7 Å². The number of rotatable bonds is 6. The molecule has 2 aromatic carbocycles. The van der Waals surface area contributed by atoms with Crippen LogP contribution in [0.5, 0.6) is 0 Å². The van der Waals surface area contributed by atoms with Crippen LogP contribution in [0.25, 0.3) is 0 Å². The van der Waals surface area contributed by atoms with Crippen molar-refractivity contribution in [3.05, 3.63) is 89.5 Å². The molecule has 2 heterocycles. The number of amides is 1. The first kappa shape index (κ1) is 23.9. The first-order valence-electron chi connectivity index (χ1n) is 10.7. The van der Waals surface area contributed by atoms with Gasteiger partial charge in [0.15, 0.2) is 0 Å². The molecule has 10 heteroatoms. The fourth-order valence-corrected chi connectivity index (χ4v) is 5.46. The average molecular weight is 490 g/mol. The Morgan fingerprint density at radius 1 is 0.941 bits per heavy atom. The Balaban J connectivity index is 1.75. The van der Waals surface area contributed by atoms with Crippen LogP contribution in [0, 0.1) is 17.5 Å². The van der Waals surface area contributed by atoms with Crippen LogP contribution in [0.1, 0.15) is 35.3 Å². The van der Waals surface area contributed by atoms with Crippen molar-refractivity contribution >= 4 is 21.6 Å². The standard InChI is InChI=1S/C24H22F3N3O3S/c25-18-8-10-22(21(27)15-18)30(16-19-6-2-3-11-28-19)24(31)17-7-9-20(26)23(14-17)34(32,33)29-12-4-1-5-13-29/h2-3,6-11,14-15H,1,4-5,12-13,16H2. The lowest BCUT2D eigenvalue weighted by atomic mass is 10.1. The molecule has 1 saturated heterocycles. The van der Waals surface area contributed by atoms with Crippen molar-refractivity contribution in [3.63, 3.8) is 0 Å². The number of nitrogens with zero attached hydrogens (tertiary/aromatic N) is 3. The van der Waals surface area contributed by atoms with Gasteiger partial charge < -0.3 is 0 Å². The van der Waals surface area contributed by atoms with Crippen LogP contribution < -0.4 is 4.90 Å². The molecule has 0 aliphatic carbocycles. The zero-order valence-corrected chi connectivity index (χ0v) is 18.9. The molecule has 0 saturated carbocycles. The van der Waals surface area contributed by atoms with Gasteiger partial charge in [-0.15, -0.1) is 0 Å². The number of carbonyl (C=O) groups excluding carboxylic acids is 1. The molecule has 1 amide bonds. The van der Waals surface area contributed by atoms with Crippen molar-refractivity contribution in [2.45, 2.75) is 30.7 Å². The molecule has 1 fully saturated rings. The third-order valence-electron chi connectivity index (χ3n) is 5.60. The van der Waals surface area contributed by atoms with E-state index in [9.17, 15) is 26.4 Å². The van der Waals surface area contributed by atoms with Gasteiger partial charge >= 0.3 is 0 Å². The van der Waals surface area contributed by atoms with Crippen molar-refractivity contribution in [2.24, 2.45) is 0 Å². The van der Waals surface area contributed by atoms with Crippen LogP contribution in [0.4, 0.5) is 18.9 Å². The molecule has 0 bridgehead atoms. The summed E-state index contributed by atoms with van der Waals surface area (Å²) in [6, 6.07) is 10.8. The lowest BCUT2D eigenvalue weighted by molar-refractivity contribution is 0.0983. The molecular weight excluding hydrogens is 467 g/mol. The number of hydrogen-bond acceptors (Lipinski definition) is 4. The molecule has 0 N–H and O–H groups in total. The number of halogens is 3. The zero-order chi connectivity index (χ0) is 24.3. The van der Waals surface area contributed by atoms with Crippen LogP contribution in [0.2, 0.25) is 0 Å². The number of carbonyl (C=O) groups is 1. The van der Waals surface area contributed by atoms with E-state index in [1.165, 1.54) is 10.5 Å². The van der Waals surface area contributed by atoms with Crippen molar-refractivity contribution in [3.8, 4) is 0 Å². The summed E-state index contributed by atoms with van der Waals surface area (Å²) in [5.74, 6) is -3.56. The highest BCUT2D eigenvalue weighted by Crippen LogP contribution is 2.27. The molecular formula is C24H22F3N3O3S. The highest BCUT2D eigenvalue weighted by Gasteiger charge is 2.30. The summed E-state index contributed by atoms with van der Waals surface area (Å²) in [5.41, 5.74) is 0.0429. The fourth-order valence-electron chi connectivity index (χ4n) is 3.85. The van der Waals surface area contributed by atoms with Gasteiger partial charge in [-0.3, -0.25) is 14.7 Å². The van der Waals surface area contributed by atoms with Crippen molar-refractivity contribution < 1.29 is 26.4 Å². The minimum Gasteiger partial charge on any atom is -0.299 e. The summed E-state index contributed by atoms with van der Waals surface area (Å²) in [5, 5.41) is 0. The topological polar surface area (TPSA) is 70.6 Å². The van der Waals surface area contributed by atoms with Gasteiger partial charge in [-0.25, -0.2) is 21.6 Å². The summed E-state index contributed by atoms with van der Waals surface area (Å²) in [7, 11) is -4.16. The van der Waals surface area contributed by atoms with Crippen molar-refractivity contribution in [1.29, 1.82) is 0 Å². The number of piperidine rings is 1. The summed E-state index contributed by atoms with van der Waals surface area (Å²) < 4.78 is 70.1. The number of sulfonamides is 1. The fraction of sp³-hybridized carbons (Fsp3) is 0.250. The van der Waals surface area contributed by atoms with Gasteiger partial charge in [-0.05, 0) is 55.3 Å². The van der Waals surface area contributed by atoms with Gasteiger partial charge in [0.1, 0.15) is 22.3 Å². The number of anilines is 1. The van der Waals surface area contributed by atoms with E-state index >= 15 is 0 Å². The second-order valence-electron chi connectivity index (χ2n) is 7.92. The normalized spacial score (nSPS) is 14.7. The Bertz CT molecular complexity index is 1300. The van der Waals surface area contributed by atoms with Crippen LogP contribution in [-0.2, 0) is 16.6 Å². The van der Waals surface area contributed by atoms with Gasteiger partial charge in [0.2, 0.25) is 10.0 Å². The Morgan fingerprint density at radius 3 is 2.38 bits per heavy atom. The number of aromatic nitrogens is 1. The molecule has 4 rings (SSSR count). The second-order valence-corrected chi connectivity index (χ2v) is 9.82. The molecule has 1 aliphatic heterocycles. The summed E-state index contributed by atoms with van der Waals surface area (Å²) in [4.78, 5) is 18.0. The largest absolute Gasteiger partial charge is 0.299 e. The molecule has 6 nitrogen and oxygen atoms in total. The first-order valence-corrected chi connectivity index (χ1v) is 12.2. The number of benzene rings is 2. The third-order valence-corrected chi connectivity index (χ3v) is 7.52. The second kappa shape index (κ2) is 9.94. The van der Waals surface area contributed by atoms with Crippen LogP contribution in [0.3, 0.4) is 0 Å². The summed E-state index contributed by atoms with van der Waals surface area (Å²) in [6.07, 6.45) is 3.72. The van der Waals surface area contributed by atoms with Crippen LogP contribution in [-0.4, -0.2) is 36.7 Å². The number of hydrogen-bond donors (Lipinski definition) is 0. The first-order chi connectivity index (χ1) is 16.3. The minimum absolute atomic E-state index is 0.156. The molecule has 34 heavy (non-hydrogen) atoms. The quantitative estimate of drug-likeness (QED) is 0.511. The SMILES string of the molecule is O=C(c1ccc(F)c(S(=O)(=O)N2CCCCC2)c1)N(Cc1ccccn1)c1ccc(F)cc1F. The van der Waals surface area contributed by atoms with Crippen molar-refractivity contribution in [1.82, 2.24) is 9.29 Å². The molecule has 0 spiro atoms. The Kier molecular flexibility index (Phi) is 6.99. The van der Waals surface area contributed by atoms with Gasteiger partial charge in [-0.2, -0.15) is 4.31 Å². The van der Waals surface area contributed by atoms with E-state index in [4.69, 9.17) is 0 Å². The summed E-state index contributed by atoms with van der Waals surface area (Å²) >= 11 is 0. The Labute approximate surface area is 195 Å². The van der Waals surface area contributed by atoms with E-state index in [1.54, 1.807) is 18.2 Å². The van der Waals surface area contributed by atoms with E-state index in [-0.39, 0.29) is 30.9 Å². The van der Waals surface area contributed by atoms with Crippen molar-refractivity contribution in [2.75, 3.05) is 18.0 Å². The predicted molar refractivity (Wildman–Crippen MR) is 120 cm³/mol. The monoisotopic (exact) mass is 489 g/mol. The van der Waals surface area contributed by atoms with Crippen LogP contribution >= 0.6 is 0 Å². The van der Waals surface area contributed by atoms with Gasteiger partial charge in [0.25, 0.3) is 5.91 Å². The number of pyridine rings is 1. The molecule has 0 atom stereocenters. The molecule has 1 aliphatic rings. The van der Waals surface area contributed by atoms with E-state index in [2.05, 4.69) is 4.98 Å². The zero-order valence-electron chi connectivity index (χ0n) is 18.1. The molecule has 1 aromatic heterocycles. The van der Waals surface area contributed by atoms with E-state index < -0.39 is 38.3 Å². The van der Waals surface area contributed by atoms with Gasteiger partial charge in [0.05, 0.1) is 17.9 Å². The highest BCUT2D eigenvalue weighted by molar-refractivity contribution is 7.89. The van der Waals surface area contributed by atoms with E-state index in [0.29, 0.717) is 24.6 Å². The maximum absolute atomic E-state index is 14.6.